The van der Waals surface area contributed by atoms with Crippen molar-refractivity contribution in [3.8, 4) is 6.07 Å². The van der Waals surface area contributed by atoms with Crippen LogP contribution in [-0.4, -0.2) is 23.0 Å². The summed E-state index contributed by atoms with van der Waals surface area (Å²) in [6.07, 6.45) is 5.94. The standard InChI is InChI=1S/C21H25N5O2/c1-12(2)19-13(9-22)4-3-5-15(19)21(27)24-14-6-7-17-16(8-14)20(26-25-17)18-10-23-11-28-18/h3-5,10-12,14,16-17,20,25-26H,6-8H2,1-2H3,(H,24,27). The molecule has 0 spiro atoms. The average Bonchev–Trinajstić information content (AvgIpc) is 3.36. The molecule has 0 bridgehead atoms. The maximum absolute atomic E-state index is 13.0. The number of hydrogen-bond acceptors (Lipinski definition) is 6. The second-order valence-electron chi connectivity index (χ2n) is 7.96. The monoisotopic (exact) mass is 379 g/mol. The summed E-state index contributed by atoms with van der Waals surface area (Å²) in [5.74, 6) is 1.14. The molecular formula is C21H25N5O2. The highest BCUT2D eigenvalue weighted by atomic mass is 16.3. The Morgan fingerprint density at radius 1 is 1.36 bits per heavy atom. The van der Waals surface area contributed by atoms with Crippen molar-refractivity contribution in [2.24, 2.45) is 5.92 Å². The Morgan fingerprint density at radius 3 is 2.93 bits per heavy atom. The number of fused-ring (bicyclic) bond motifs is 1. The van der Waals surface area contributed by atoms with E-state index in [0.29, 0.717) is 23.1 Å². The van der Waals surface area contributed by atoms with Crippen LogP contribution in [0, 0.1) is 17.2 Å². The molecule has 146 valence electrons. The van der Waals surface area contributed by atoms with Crippen molar-refractivity contribution in [1.29, 1.82) is 5.26 Å². The summed E-state index contributed by atoms with van der Waals surface area (Å²) in [4.78, 5) is 17.1. The van der Waals surface area contributed by atoms with Crippen LogP contribution in [0.2, 0.25) is 0 Å². The lowest BCUT2D eigenvalue weighted by atomic mass is 9.78. The number of benzene rings is 1. The molecule has 1 aromatic carbocycles. The smallest absolute Gasteiger partial charge is 0.251 e. The van der Waals surface area contributed by atoms with E-state index in [1.807, 2.05) is 19.9 Å². The first kappa shape index (κ1) is 18.7. The van der Waals surface area contributed by atoms with Crippen LogP contribution in [0.4, 0.5) is 0 Å². The SMILES string of the molecule is CC(C)c1c(C#N)cccc1C(=O)NC1CCC2NNC(c3cnco3)C2C1. The minimum atomic E-state index is -0.0978. The van der Waals surface area contributed by atoms with Crippen LogP contribution in [0.3, 0.4) is 0 Å². The van der Waals surface area contributed by atoms with Gasteiger partial charge >= 0.3 is 0 Å². The summed E-state index contributed by atoms with van der Waals surface area (Å²) >= 11 is 0. The van der Waals surface area contributed by atoms with Crippen LogP contribution in [0.1, 0.15) is 72.3 Å². The summed E-state index contributed by atoms with van der Waals surface area (Å²) in [7, 11) is 0. The van der Waals surface area contributed by atoms with Gasteiger partial charge in [-0.2, -0.15) is 5.26 Å². The minimum Gasteiger partial charge on any atom is -0.447 e. The van der Waals surface area contributed by atoms with E-state index in [1.54, 1.807) is 18.3 Å². The van der Waals surface area contributed by atoms with E-state index in [2.05, 4.69) is 27.2 Å². The third kappa shape index (κ3) is 3.41. The number of carbonyl (C=O) groups is 1. The quantitative estimate of drug-likeness (QED) is 0.755. The molecule has 4 atom stereocenters. The molecule has 3 N–H and O–H groups in total. The first-order valence-electron chi connectivity index (χ1n) is 9.81. The third-order valence-corrected chi connectivity index (χ3v) is 5.89. The molecule has 1 saturated heterocycles. The summed E-state index contributed by atoms with van der Waals surface area (Å²) < 4.78 is 5.49. The minimum absolute atomic E-state index is 0.0559. The van der Waals surface area contributed by atoms with Gasteiger partial charge in [-0.25, -0.2) is 10.4 Å². The molecule has 0 radical (unpaired) electrons. The lowest BCUT2D eigenvalue weighted by Crippen LogP contribution is -2.44. The zero-order chi connectivity index (χ0) is 19.7. The average molecular weight is 379 g/mol. The number of nitrogens with one attached hydrogen (secondary N) is 3. The van der Waals surface area contributed by atoms with Crippen LogP contribution < -0.4 is 16.2 Å². The maximum atomic E-state index is 13.0. The number of carbonyl (C=O) groups excluding carboxylic acids is 1. The van der Waals surface area contributed by atoms with Gasteiger partial charge in [0.2, 0.25) is 0 Å². The van der Waals surface area contributed by atoms with Crippen molar-refractivity contribution in [2.45, 2.75) is 57.2 Å². The van der Waals surface area contributed by atoms with Crippen LogP contribution in [0.15, 0.2) is 35.2 Å². The van der Waals surface area contributed by atoms with Gasteiger partial charge in [-0.3, -0.25) is 10.2 Å². The zero-order valence-corrected chi connectivity index (χ0v) is 16.1. The van der Waals surface area contributed by atoms with E-state index in [9.17, 15) is 10.1 Å². The van der Waals surface area contributed by atoms with Gasteiger partial charge in [0.15, 0.2) is 6.39 Å². The largest absolute Gasteiger partial charge is 0.447 e. The summed E-state index contributed by atoms with van der Waals surface area (Å²) in [6, 6.07) is 8.08. The van der Waals surface area contributed by atoms with Crippen molar-refractivity contribution in [2.75, 3.05) is 0 Å². The van der Waals surface area contributed by atoms with E-state index in [-0.39, 0.29) is 23.9 Å². The molecule has 1 amide bonds. The number of hydrazine groups is 1. The molecule has 2 heterocycles. The summed E-state index contributed by atoms with van der Waals surface area (Å²) in [5, 5.41) is 12.6. The van der Waals surface area contributed by atoms with E-state index < -0.39 is 0 Å². The Bertz CT molecular complexity index is 887. The predicted octanol–water partition coefficient (Wildman–Crippen LogP) is 2.79. The molecule has 28 heavy (non-hydrogen) atoms. The van der Waals surface area contributed by atoms with E-state index >= 15 is 0 Å². The Hall–Kier alpha value is -2.69. The van der Waals surface area contributed by atoms with E-state index in [0.717, 1.165) is 30.6 Å². The Morgan fingerprint density at radius 2 is 2.21 bits per heavy atom. The van der Waals surface area contributed by atoms with Crippen LogP contribution >= 0.6 is 0 Å². The lowest BCUT2D eigenvalue weighted by molar-refractivity contribution is 0.0913. The van der Waals surface area contributed by atoms with Crippen molar-refractivity contribution in [3.05, 3.63) is 53.2 Å². The van der Waals surface area contributed by atoms with Crippen molar-refractivity contribution in [1.82, 2.24) is 21.2 Å². The first-order valence-corrected chi connectivity index (χ1v) is 9.81. The maximum Gasteiger partial charge on any atom is 0.251 e. The Kier molecular flexibility index (Phi) is 5.16. The molecule has 1 aliphatic carbocycles. The number of nitriles is 1. The Balaban J connectivity index is 1.50. The van der Waals surface area contributed by atoms with Crippen molar-refractivity contribution >= 4 is 5.91 Å². The fourth-order valence-electron chi connectivity index (χ4n) is 4.60. The molecule has 4 rings (SSSR count). The molecule has 2 aliphatic rings. The number of oxazole rings is 1. The number of rotatable bonds is 4. The highest BCUT2D eigenvalue weighted by Gasteiger charge is 2.42. The molecule has 7 heteroatoms. The molecule has 7 nitrogen and oxygen atoms in total. The zero-order valence-electron chi connectivity index (χ0n) is 16.1. The molecule has 1 aliphatic heterocycles. The van der Waals surface area contributed by atoms with Gasteiger partial charge < -0.3 is 9.73 Å². The van der Waals surface area contributed by atoms with Crippen LogP contribution in [0.25, 0.3) is 0 Å². The van der Waals surface area contributed by atoms with Crippen LogP contribution in [-0.2, 0) is 0 Å². The Labute approximate surface area is 164 Å². The molecular weight excluding hydrogens is 354 g/mol. The summed E-state index contributed by atoms with van der Waals surface area (Å²) in [6.45, 7) is 4.02. The topological polar surface area (TPSA) is 103 Å². The van der Waals surface area contributed by atoms with E-state index in [1.165, 1.54) is 6.39 Å². The summed E-state index contributed by atoms with van der Waals surface area (Å²) in [5.41, 5.74) is 8.66. The number of hydrogen-bond donors (Lipinski definition) is 3. The second kappa shape index (κ2) is 7.74. The van der Waals surface area contributed by atoms with Crippen molar-refractivity contribution in [3.63, 3.8) is 0 Å². The number of amides is 1. The molecule has 2 aromatic rings. The lowest BCUT2D eigenvalue weighted by Gasteiger charge is -2.33. The number of nitrogens with zero attached hydrogens (tertiary/aromatic N) is 2. The molecule has 2 fully saturated rings. The fourth-order valence-corrected chi connectivity index (χ4v) is 4.60. The van der Waals surface area contributed by atoms with Gasteiger partial charge in [-0.15, -0.1) is 0 Å². The highest BCUT2D eigenvalue weighted by Crippen LogP contribution is 2.38. The van der Waals surface area contributed by atoms with Crippen LogP contribution in [0.5, 0.6) is 0 Å². The van der Waals surface area contributed by atoms with Gasteiger partial charge in [0.1, 0.15) is 5.76 Å². The van der Waals surface area contributed by atoms with Gasteiger partial charge in [0.05, 0.1) is 23.9 Å². The fraction of sp³-hybridized carbons (Fsp3) is 0.476. The van der Waals surface area contributed by atoms with Gasteiger partial charge in [-0.05, 0) is 42.9 Å². The van der Waals surface area contributed by atoms with Gasteiger partial charge in [0.25, 0.3) is 5.91 Å². The highest BCUT2D eigenvalue weighted by molar-refractivity contribution is 5.96. The third-order valence-electron chi connectivity index (χ3n) is 5.89. The number of aromatic nitrogens is 1. The molecule has 1 saturated carbocycles. The predicted molar refractivity (Wildman–Crippen MR) is 103 cm³/mol. The molecule has 1 aromatic heterocycles. The normalized spacial score (nSPS) is 26.6. The van der Waals surface area contributed by atoms with Gasteiger partial charge in [-0.1, -0.05) is 19.9 Å². The first-order chi connectivity index (χ1) is 13.6. The molecule has 4 unspecified atom stereocenters. The second-order valence-corrected chi connectivity index (χ2v) is 7.96. The van der Waals surface area contributed by atoms with Gasteiger partial charge in [0, 0.05) is 23.6 Å². The van der Waals surface area contributed by atoms with Crippen molar-refractivity contribution < 1.29 is 9.21 Å². The van der Waals surface area contributed by atoms with E-state index in [4.69, 9.17) is 4.42 Å².